The highest BCUT2D eigenvalue weighted by Gasteiger charge is 2.40. The highest BCUT2D eigenvalue weighted by atomic mass is 16.5. The molecule has 35 heavy (non-hydrogen) atoms. The number of urea groups is 1. The molecule has 0 unspecified atom stereocenters. The summed E-state index contributed by atoms with van der Waals surface area (Å²) >= 11 is 0. The van der Waals surface area contributed by atoms with Crippen LogP contribution in [0.4, 0.5) is 4.79 Å². The number of fused-ring (bicyclic) bond motifs is 1. The number of barbiturate groups is 1. The highest BCUT2D eigenvalue weighted by molar-refractivity contribution is 6.31. The Morgan fingerprint density at radius 3 is 2.60 bits per heavy atom. The third kappa shape index (κ3) is 4.36. The molecular formula is C26H30N4O5. The number of nitrogens with zero attached hydrogens (tertiary/aromatic N) is 3. The zero-order valence-electron chi connectivity index (χ0n) is 19.9. The highest BCUT2D eigenvalue weighted by Crippen LogP contribution is 2.30. The molecule has 3 aliphatic rings. The predicted molar refractivity (Wildman–Crippen MR) is 129 cm³/mol. The second-order valence-electron chi connectivity index (χ2n) is 9.30. The summed E-state index contributed by atoms with van der Waals surface area (Å²) in [5.74, 6) is -1.24. The van der Waals surface area contributed by atoms with Crippen molar-refractivity contribution in [3.05, 3.63) is 41.1 Å². The van der Waals surface area contributed by atoms with Crippen LogP contribution in [0.25, 0.3) is 17.0 Å². The van der Waals surface area contributed by atoms with Gasteiger partial charge in [0.2, 0.25) is 5.91 Å². The largest absolute Gasteiger partial charge is 0.378 e. The molecule has 3 fully saturated rings. The number of benzene rings is 1. The molecule has 0 radical (unpaired) electrons. The van der Waals surface area contributed by atoms with Crippen molar-refractivity contribution < 1.29 is 23.9 Å². The van der Waals surface area contributed by atoms with Crippen LogP contribution in [0.5, 0.6) is 0 Å². The van der Waals surface area contributed by atoms with E-state index in [4.69, 9.17) is 4.74 Å². The number of hydrogen-bond donors (Lipinski definition) is 1. The molecule has 3 heterocycles. The van der Waals surface area contributed by atoms with E-state index >= 15 is 0 Å². The van der Waals surface area contributed by atoms with Crippen LogP contribution in [0.2, 0.25) is 0 Å². The molecule has 1 N–H and O–H groups in total. The van der Waals surface area contributed by atoms with E-state index < -0.39 is 17.8 Å². The number of hydrogen-bond acceptors (Lipinski definition) is 5. The van der Waals surface area contributed by atoms with Crippen molar-refractivity contribution in [2.24, 2.45) is 0 Å². The van der Waals surface area contributed by atoms with Gasteiger partial charge >= 0.3 is 6.03 Å². The summed E-state index contributed by atoms with van der Waals surface area (Å²) in [6.07, 6.45) is 7.58. The summed E-state index contributed by atoms with van der Waals surface area (Å²) in [5.41, 5.74) is 2.60. The van der Waals surface area contributed by atoms with Gasteiger partial charge in [0.15, 0.2) is 0 Å². The van der Waals surface area contributed by atoms with Crippen LogP contribution in [0, 0.1) is 0 Å². The standard InChI is InChI=1S/C26H30N4O5/c1-2-17-6-5-9-20-18(15-29(23(17)20)16-22(31)28-10-12-35-13-11-28)14-21-24(32)27-26(34)30(25(21)33)19-7-3-4-8-19/h5-6,9,14-15,19H,2-4,7-8,10-13,16H2,1H3,(H,27,32,34)/b21-14-. The molecule has 1 aliphatic carbocycles. The molecule has 2 saturated heterocycles. The van der Waals surface area contributed by atoms with Gasteiger partial charge in [0.25, 0.3) is 11.8 Å². The van der Waals surface area contributed by atoms with E-state index in [1.54, 1.807) is 11.0 Å². The van der Waals surface area contributed by atoms with Gasteiger partial charge in [-0.05, 0) is 30.9 Å². The van der Waals surface area contributed by atoms with Gasteiger partial charge < -0.3 is 14.2 Å². The molecule has 0 bridgehead atoms. The maximum Gasteiger partial charge on any atom is 0.331 e. The first kappa shape index (κ1) is 23.3. The molecule has 5 rings (SSSR count). The second-order valence-corrected chi connectivity index (χ2v) is 9.30. The number of morpholine rings is 1. The Bertz CT molecular complexity index is 1220. The van der Waals surface area contributed by atoms with Crippen LogP contribution in [-0.4, -0.2) is 70.5 Å². The quantitative estimate of drug-likeness (QED) is 0.526. The molecule has 9 heteroatoms. The summed E-state index contributed by atoms with van der Waals surface area (Å²) in [6.45, 7) is 4.40. The minimum absolute atomic E-state index is 0.000185. The number of rotatable bonds is 5. The third-order valence-corrected chi connectivity index (χ3v) is 7.19. The topological polar surface area (TPSA) is 101 Å². The molecular weight excluding hydrogens is 448 g/mol. The zero-order chi connectivity index (χ0) is 24.5. The number of ether oxygens (including phenoxy) is 1. The van der Waals surface area contributed by atoms with Crippen molar-refractivity contribution in [3.63, 3.8) is 0 Å². The Morgan fingerprint density at radius 1 is 1.14 bits per heavy atom. The third-order valence-electron chi connectivity index (χ3n) is 7.19. The lowest BCUT2D eigenvalue weighted by atomic mass is 10.0. The lowest BCUT2D eigenvalue weighted by Gasteiger charge is -2.31. The van der Waals surface area contributed by atoms with Gasteiger partial charge in [0.05, 0.1) is 18.7 Å². The van der Waals surface area contributed by atoms with E-state index in [-0.39, 0.29) is 24.1 Å². The fourth-order valence-corrected chi connectivity index (χ4v) is 5.37. The second kappa shape index (κ2) is 9.65. The van der Waals surface area contributed by atoms with Crippen LogP contribution in [0.3, 0.4) is 0 Å². The molecule has 1 aromatic carbocycles. The maximum absolute atomic E-state index is 13.3. The molecule has 1 saturated carbocycles. The van der Waals surface area contributed by atoms with Crippen LogP contribution in [-0.2, 0) is 32.1 Å². The summed E-state index contributed by atoms with van der Waals surface area (Å²) < 4.78 is 7.27. The van der Waals surface area contributed by atoms with E-state index in [1.165, 1.54) is 4.90 Å². The fraction of sp³-hybridized carbons (Fsp3) is 0.462. The van der Waals surface area contributed by atoms with Gasteiger partial charge in [-0.25, -0.2) is 4.79 Å². The zero-order valence-corrected chi connectivity index (χ0v) is 19.9. The van der Waals surface area contributed by atoms with Crippen molar-refractivity contribution in [2.75, 3.05) is 26.3 Å². The number of amides is 5. The van der Waals surface area contributed by atoms with Crippen molar-refractivity contribution in [1.82, 2.24) is 19.7 Å². The number of carbonyl (C=O) groups is 4. The van der Waals surface area contributed by atoms with E-state index in [0.29, 0.717) is 31.9 Å². The SMILES string of the molecule is CCc1cccc2c(/C=C3/C(=O)NC(=O)N(C4CCCC4)C3=O)cn(CC(=O)N3CCOCC3)c12. The average molecular weight is 479 g/mol. The van der Waals surface area contributed by atoms with Crippen molar-refractivity contribution in [1.29, 1.82) is 0 Å². The lowest BCUT2D eigenvalue weighted by Crippen LogP contribution is -2.57. The molecule has 9 nitrogen and oxygen atoms in total. The minimum Gasteiger partial charge on any atom is -0.378 e. The van der Waals surface area contributed by atoms with Crippen LogP contribution >= 0.6 is 0 Å². The van der Waals surface area contributed by atoms with Gasteiger partial charge in [-0.1, -0.05) is 38.0 Å². The van der Waals surface area contributed by atoms with Gasteiger partial charge in [-0.3, -0.25) is 24.6 Å². The van der Waals surface area contributed by atoms with Gasteiger partial charge in [0, 0.05) is 36.3 Å². The lowest BCUT2D eigenvalue weighted by molar-refractivity contribution is -0.136. The Kier molecular flexibility index (Phi) is 6.42. The monoisotopic (exact) mass is 478 g/mol. The number of carbonyl (C=O) groups excluding carboxylic acids is 4. The summed E-state index contributed by atoms with van der Waals surface area (Å²) in [5, 5.41) is 3.20. The van der Waals surface area contributed by atoms with Crippen molar-refractivity contribution >= 4 is 40.7 Å². The van der Waals surface area contributed by atoms with Gasteiger partial charge in [-0.2, -0.15) is 0 Å². The fourth-order valence-electron chi connectivity index (χ4n) is 5.37. The number of aromatic nitrogens is 1. The van der Waals surface area contributed by atoms with Gasteiger partial charge in [-0.15, -0.1) is 0 Å². The van der Waals surface area contributed by atoms with Gasteiger partial charge in [0.1, 0.15) is 12.1 Å². The number of imide groups is 2. The van der Waals surface area contributed by atoms with Crippen LogP contribution in [0.1, 0.15) is 43.7 Å². The first-order chi connectivity index (χ1) is 17.0. The normalized spacial score (nSPS) is 20.8. The van der Waals surface area contributed by atoms with E-state index in [0.717, 1.165) is 48.6 Å². The molecule has 0 atom stereocenters. The Labute approximate surface area is 203 Å². The number of nitrogens with one attached hydrogen (secondary N) is 1. The Hall–Kier alpha value is -3.46. The Balaban J connectivity index is 1.53. The molecule has 184 valence electrons. The summed E-state index contributed by atoms with van der Waals surface area (Å²) in [7, 11) is 0. The predicted octanol–water partition coefficient (Wildman–Crippen LogP) is 2.47. The molecule has 2 aromatic rings. The van der Waals surface area contributed by atoms with Crippen molar-refractivity contribution in [2.45, 2.75) is 51.6 Å². The molecule has 2 aliphatic heterocycles. The van der Waals surface area contributed by atoms with Crippen LogP contribution in [0.15, 0.2) is 30.0 Å². The number of aryl methyl sites for hydroxylation is 1. The molecule has 0 spiro atoms. The first-order valence-corrected chi connectivity index (χ1v) is 12.3. The Morgan fingerprint density at radius 2 is 1.89 bits per heavy atom. The number of para-hydroxylation sites is 1. The van der Waals surface area contributed by atoms with E-state index in [2.05, 4.69) is 12.2 Å². The van der Waals surface area contributed by atoms with E-state index in [9.17, 15) is 19.2 Å². The average Bonchev–Trinajstić information content (AvgIpc) is 3.51. The molecule has 1 aromatic heterocycles. The summed E-state index contributed by atoms with van der Waals surface area (Å²) in [4.78, 5) is 54.5. The smallest absolute Gasteiger partial charge is 0.331 e. The van der Waals surface area contributed by atoms with Crippen molar-refractivity contribution in [3.8, 4) is 0 Å². The van der Waals surface area contributed by atoms with E-state index in [1.807, 2.05) is 29.0 Å². The summed E-state index contributed by atoms with van der Waals surface area (Å²) in [6, 6.07) is 5.07. The van der Waals surface area contributed by atoms with Crippen LogP contribution < -0.4 is 5.32 Å². The molecule has 5 amide bonds. The maximum atomic E-state index is 13.3. The minimum atomic E-state index is -0.689. The first-order valence-electron chi connectivity index (χ1n) is 12.3.